The smallest absolute Gasteiger partial charge is 0.243 e. The van der Waals surface area contributed by atoms with Crippen LogP contribution in [0.1, 0.15) is 31.1 Å². The Morgan fingerprint density at radius 2 is 1.65 bits per heavy atom. The second-order valence-electron chi connectivity index (χ2n) is 5.53. The van der Waals surface area contributed by atoms with Gasteiger partial charge >= 0.3 is 0 Å². The molecule has 0 unspecified atom stereocenters. The van der Waals surface area contributed by atoms with Crippen LogP contribution in [0.5, 0.6) is 11.5 Å². The highest BCUT2D eigenvalue weighted by atomic mass is 16.5. The van der Waals surface area contributed by atoms with Crippen molar-refractivity contribution in [1.82, 2.24) is 0 Å². The first-order chi connectivity index (χ1) is 12.5. The summed E-state index contributed by atoms with van der Waals surface area (Å²) < 4.78 is 11.1. The lowest BCUT2D eigenvalue weighted by atomic mass is 10.1. The first-order valence-corrected chi connectivity index (χ1v) is 8.58. The molecular formula is C20H24N2O4. The SMILES string of the molecule is CCOc1ccc(NC(=O)CNc2ccccc2C(C)=O)cc1OCC. The van der Waals surface area contributed by atoms with E-state index in [4.69, 9.17) is 9.47 Å². The molecule has 0 radical (unpaired) electrons. The number of hydrogen-bond donors (Lipinski definition) is 2. The summed E-state index contributed by atoms with van der Waals surface area (Å²) in [6.45, 7) is 6.36. The van der Waals surface area contributed by atoms with Crippen molar-refractivity contribution in [1.29, 1.82) is 0 Å². The Labute approximate surface area is 153 Å². The van der Waals surface area contributed by atoms with Crippen LogP contribution in [0.4, 0.5) is 11.4 Å². The van der Waals surface area contributed by atoms with Crippen molar-refractivity contribution in [3.63, 3.8) is 0 Å². The minimum atomic E-state index is -0.227. The van der Waals surface area contributed by atoms with Gasteiger partial charge in [-0.25, -0.2) is 0 Å². The van der Waals surface area contributed by atoms with Crippen LogP contribution in [0.15, 0.2) is 42.5 Å². The molecule has 0 spiro atoms. The lowest BCUT2D eigenvalue weighted by Crippen LogP contribution is -2.22. The molecule has 2 N–H and O–H groups in total. The highest BCUT2D eigenvalue weighted by Gasteiger charge is 2.10. The average Bonchev–Trinajstić information content (AvgIpc) is 2.62. The molecule has 0 saturated heterocycles. The molecule has 2 rings (SSSR count). The maximum atomic E-state index is 12.2. The Bertz CT molecular complexity index is 774. The number of amides is 1. The van der Waals surface area contributed by atoms with Crippen LogP contribution in [-0.2, 0) is 4.79 Å². The summed E-state index contributed by atoms with van der Waals surface area (Å²) >= 11 is 0. The van der Waals surface area contributed by atoms with Gasteiger partial charge in [0.2, 0.25) is 5.91 Å². The zero-order valence-electron chi connectivity index (χ0n) is 15.3. The first kappa shape index (κ1) is 19.3. The van der Waals surface area contributed by atoms with E-state index < -0.39 is 0 Å². The van der Waals surface area contributed by atoms with Gasteiger partial charge in [0, 0.05) is 23.0 Å². The number of Topliss-reactive ketones (excluding diaryl/α,β-unsaturated/α-hetero) is 1. The molecular weight excluding hydrogens is 332 g/mol. The number of rotatable bonds is 9. The van der Waals surface area contributed by atoms with E-state index in [9.17, 15) is 9.59 Å². The average molecular weight is 356 g/mol. The molecule has 1 amide bonds. The van der Waals surface area contributed by atoms with Crippen LogP contribution in [0.25, 0.3) is 0 Å². The largest absolute Gasteiger partial charge is 0.490 e. The number of carbonyl (C=O) groups is 2. The third-order valence-electron chi connectivity index (χ3n) is 3.57. The number of ether oxygens (including phenoxy) is 2. The van der Waals surface area contributed by atoms with E-state index in [-0.39, 0.29) is 18.2 Å². The van der Waals surface area contributed by atoms with Gasteiger partial charge in [0.05, 0.1) is 19.8 Å². The van der Waals surface area contributed by atoms with Crippen LogP contribution < -0.4 is 20.1 Å². The number of para-hydroxylation sites is 1. The lowest BCUT2D eigenvalue weighted by Gasteiger charge is -2.14. The van der Waals surface area contributed by atoms with E-state index in [1.54, 1.807) is 36.4 Å². The minimum Gasteiger partial charge on any atom is -0.490 e. The third-order valence-corrected chi connectivity index (χ3v) is 3.57. The van der Waals surface area contributed by atoms with Gasteiger partial charge in [-0.3, -0.25) is 9.59 Å². The number of hydrogen-bond acceptors (Lipinski definition) is 5. The fourth-order valence-corrected chi connectivity index (χ4v) is 2.45. The van der Waals surface area contributed by atoms with Gasteiger partial charge in [-0.2, -0.15) is 0 Å². The molecule has 0 fully saturated rings. The number of benzene rings is 2. The standard InChI is InChI=1S/C20H24N2O4/c1-4-25-18-11-10-15(12-19(18)26-5-2)22-20(24)13-21-17-9-7-6-8-16(17)14(3)23/h6-12,21H,4-5,13H2,1-3H3,(H,22,24). The molecule has 2 aromatic carbocycles. The van der Waals surface area contributed by atoms with Gasteiger partial charge in [-0.15, -0.1) is 0 Å². The van der Waals surface area contributed by atoms with Crippen LogP contribution in [-0.4, -0.2) is 31.4 Å². The van der Waals surface area contributed by atoms with Crippen molar-refractivity contribution in [3.8, 4) is 11.5 Å². The van der Waals surface area contributed by atoms with Crippen LogP contribution >= 0.6 is 0 Å². The van der Waals surface area contributed by atoms with E-state index in [2.05, 4.69) is 10.6 Å². The zero-order chi connectivity index (χ0) is 18.9. The topological polar surface area (TPSA) is 76.7 Å². The zero-order valence-corrected chi connectivity index (χ0v) is 15.3. The first-order valence-electron chi connectivity index (χ1n) is 8.58. The fraction of sp³-hybridized carbons (Fsp3) is 0.300. The highest BCUT2D eigenvalue weighted by Crippen LogP contribution is 2.30. The molecule has 0 aliphatic heterocycles. The number of ketones is 1. The number of anilines is 2. The molecule has 6 nitrogen and oxygen atoms in total. The van der Waals surface area contributed by atoms with Gasteiger partial charge in [0.25, 0.3) is 0 Å². The molecule has 0 aliphatic carbocycles. The third kappa shape index (κ3) is 5.24. The molecule has 138 valence electrons. The second kappa shape index (κ2) is 9.46. The molecule has 6 heteroatoms. The van der Waals surface area contributed by atoms with Crippen molar-refractivity contribution in [3.05, 3.63) is 48.0 Å². The Balaban J connectivity index is 2.02. The quantitative estimate of drug-likeness (QED) is 0.670. The van der Waals surface area contributed by atoms with Gasteiger partial charge in [0.15, 0.2) is 17.3 Å². The fourth-order valence-electron chi connectivity index (χ4n) is 2.45. The summed E-state index contributed by atoms with van der Waals surface area (Å²) in [7, 11) is 0. The number of nitrogens with one attached hydrogen (secondary N) is 2. The van der Waals surface area contributed by atoms with Crippen LogP contribution in [0.2, 0.25) is 0 Å². The Hall–Kier alpha value is -3.02. The summed E-state index contributed by atoms with van der Waals surface area (Å²) in [5.74, 6) is 0.944. The Morgan fingerprint density at radius 1 is 0.962 bits per heavy atom. The number of carbonyl (C=O) groups excluding carboxylic acids is 2. The maximum Gasteiger partial charge on any atom is 0.243 e. The molecule has 26 heavy (non-hydrogen) atoms. The summed E-state index contributed by atoms with van der Waals surface area (Å²) in [5.41, 5.74) is 1.81. The molecule has 0 bridgehead atoms. The van der Waals surface area contributed by atoms with Crippen LogP contribution in [0.3, 0.4) is 0 Å². The monoisotopic (exact) mass is 356 g/mol. The summed E-state index contributed by atoms with van der Waals surface area (Å²) in [6, 6.07) is 12.4. The second-order valence-corrected chi connectivity index (χ2v) is 5.53. The van der Waals surface area contributed by atoms with Crippen LogP contribution in [0, 0.1) is 0 Å². The van der Waals surface area contributed by atoms with E-state index in [0.29, 0.717) is 41.7 Å². The molecule has 0 atom stereocenters. The Kier molecular flexibility index (Phi) is 7.02. The molecule has 0 aliphatic rings. The van der Waals surface area contributed by atoms with Crippen molar-refractivity contribution in [2.75, 3.05) is 30.4 Å². The molecule has 0 aromatic heterocycles. The summed E-state index contributed by atoms with van der Waals surface area (Å²) in [6.07, 6.45) is 0. The van der Waals surface area contributed by atoms with Crippen molar-refractivity contribution >= 4 is 23.1 Å². The predicted molar refractivity (Wildman–Crippen MR) is 102 cm³/mol. The van der Waals surface area contributed by atoms with E-state index in [0.717, 1.165) is 0 Å². The van der Waals surface area contributed by atoms with Crippen molar-refractivity contribution in [2.45, 2.75) is 20.8 Å². The van der Waals surface area contributed by atoms with E-state index in [1.807, 2.05) is 19.9 Å². The predicted octanol–water partition coefficient (Wildman–Crippen LogP) is 3.74. The van der Waals surface area contributed by atoms with Gasteiger partial charge in [0.1, 0.15) is 0 Å². The molecule has 2 aromatic rings. The molecule has 0 saturated carbocycles. The maximum absolute atomic E-state index is 12.2. The molecule has 0 heterocycles. The highest BCUT2D eigenvalue weighted by molar-refractivity contribution is 6.00. The van der Waals surface area contributed by atoms with E-state index >= 15 is 0 Å². The van der Waals surface area contributed by atoms with Gasteiger partial charge < -0.3 is 20.1 Å². The lowest BCUT2D eigenvalue weighted by molar-refractivity contribution is -0.114. The van der Waals surface area contributed by atoms with Gasteiger partial charge in [-0.05, 0) is 45.0 Å². The van der Waals surface area contributed by atoms with E-state index in [1.165, 1.54) is 6.92 Å². The van der Waals surface area contributed by atoms with Crippen molar-refractivity contribution < 1.29 is 19.1 Å². The van der Waals surface area contributed by atoms with Crippen molar-refractivity contribution in [2.24, 2.45) is 0 Å². The normalized spacial score (nSPS) is 10.1. The Morgan fingerprint density at radius 3 is 2.35 bits per heavy atom. The van der Waals surface area contributed by atoms with Gasteiger partial charge in [-0.1, -0.05) is 12.1 Å². The minimum absolute atomic E-state index is 0.0431. The summed E-state index contributed by atoms with van der Waals surface area (Å²) in [4.78, 5) is 23.8. The summed E-state index contributed by atoms with van der Waals surface area (Å²) in [5, 5.41) is 5.80.